The molecule has 0 unspecified atom stereocenters. The second kappa shape index (κ2) is 3.55. The Morgan fingerprint density at radius 1 is 1.41 bits per heavy atom. The van der Waals surface area contributed by atoms with Gasteiger partial charge >= 0.3 is 0 Å². The molecule has 1 aromatic carbocycles. The molecule has 0 radical (unpaired) electrons. The minimum absolute atomic E-state index is 0.128. The summed E-state index contributed by atoms with van der Waals surface area (Å²) in [6, 6.07) is 4.76. The highest BCUT2D eigenvalue weighted by atomic mass is 16.3. The molecule has 5 nitrogen and oxygen atoms in total. The number of amides is 1. The van der Waals surface area contributed by atoms with Gasteiger partial charge in [-0.2, -0.15) is 0 Å². The summed E-state index contributed by atoms with van der Waals surface area (Å²) in [6.45, 7) is 0.549. The second-order valence-electron chi connectivity index (χ2n) is 3.75. The van der Waals surface area contributed by atoms with Crippen molar-refractivity contribution in [2.45, 2.75) is 0 Å². The number of carbonyl (C=O) groups excluding carboxylic acids is 1. The number of amidine groups is 1. The van der Waals surface area contributed by atoms with Crippen LogP contribution in [0.1, 0.15) is 5.56 Å². The molecule has 0 aliphatic carbocycles. The molecule has 0 aromatic heterocycles. The maximum absolute atomic E-state index is 11.8. The van der Waals surface area contributed by atoms with E-state index in [4.69, 9.17) is 0 Å². The van der Waals surface area contributed by atoms with Gasteiger partial charge in [-0.1, -0.05) is 0 Å². The molecule has 2 aliphatic rings. The molecule has 3 rings (SSSR count). The van der Waals surface area contributed by atoms with E-state index in [-0.39, 0.29) is 11.7 Å². The number of phenols is 1. The molecule has 0 saturated carbocycles. The van der Waals surface area contributed by atoms with E-state index >= 15 is 0 Å². The summed E-state index contributed by atoms with van der Waals surface area (Å²) in [7, 11) is 0. The first-order valence-corrected chi connectivity index (χ1v) is 5.17. The van der Waals surface area contributed by atoms with Crippen molar-refractivity contribution >= 4 is 29.2 Å². The second-order valence-corrected chi connectivity index (χ2v) is 3.75. The van der Waals surface area contributed by atoms with E-state index in [1.807, 2.05) is 0 Å². The number of rotatable bonds is 1. The van der Waals surface area contributed by atoms with Crippen molar-refractivity contribution in [2.75, 3.05) is 11.9 Å². The van der Waals surface area contributed by atoms with E-state index in [9.17, 15) is 9.90 Å². The lowest BCUT2D eigenvalue weighted by atomic mass is 10.1. The molecule has 0 saturated heterocycles. The number of carbonyl (C=O) groups is 1. The Hall–Kier alpha value is -2.43. The minimum atomic E-state index is -0.199. The van der Waals surface area contributed by atoms with Gasteiger partial charge in [0.25, 0.3) is 5.91 Å². The molecular formula is C12H9N3O2. The lowest BCUT2D eigenvalue weighted by Crippen LogP contribution is -2.04. The molecule has 1 aromatic rings. The van der Waals surface area contributed by atoms with Crippen LogP contribution in [0.5, 0.6) is 5.75 Å². The van der Waals surface area contributed by atoms with Crippen LogP contribution < -0.4 is 5.32 Å². The van der Waals surface area contributed by atoms with Gasteiger partial charge < -0.3 is 10.4 Å². The van der Waals surface area contributed by atoms with Crippen LogP contribution >= 0.6 is 0 Å². The molecule has 84 valence electrons. The molecule has 0 atom stereocenters. The molecule has 2 aliphatic heterocycles. The number of benzene rings is 1. The fraction of sp³-hybridized carbons (Fsp3) is 0.0833. The summed E-state index contributed by atoms with van der Waals surface area (Å²) in [6.07, 6.45) is 3.31. The maximum atomic E-state index is 11.8. The number of nitrogens with one attached hydrogen (secondary N) is 1. The summed E-state index contributed by atoms with van der Waals surface area (Å²) < 4.78 is 0. The van der Waals surface area contributed by atoms with Crippen molar-refractivity contribution < 1.29 is 9.90 Å². The van der Waals surface area contributed by atoms with E-state index in [1.165, 1.54) is 6.07 Å². The summed E-state index contributed by atoms with van der Waals surface area (Å²) in [5.74, 6) is 0.463. The Labute approximate surface area is 97.2 Å². The summed E-state index contributed by atoms with van der Waals surface area (Å²) in [4.78, 5) is 19.9. The van der Waals surface area contributed by atoms with Crippen molar-refractivity contribution in [1.82, 2.24) is 0 Å². The molecule has 0 bridgehead atoms. The van der Waals surface area contributed by atoms with Crippen LogP contribution in [-0.4, -0.2) is 29.6 Å². The normalized spacial score (nSPS) is 19.4. The summed E-state index contributed by atoms with van der Waals surface area (Å²) in [5, 5.41) is 12.2. The Bertz CT molecular complexity index is 600. The molecule has 17 heavy (non-hydrogen) atoms. The third-order valence-corrected chi connectivity index (χ3v) is 2.62. The molecular weight excluding hydrogens is 218 g/mol. The van der Waals surface area contributed by atoms with Gasteiger partial charge in [0, 0.05) is 17.5 Å². The van der Waals surface area contributed by atoms with Crippen molar-refractivity contribution in [1.29, 1.82) is 0 Å². The van der Waals surface area contributed by atoms with Gasteiger partial charge in [-0.3, -0.25) is 9.79 Å². The quantitative estimate of drug-likeness (QED) is 0.559. The Morgan fingerprint density at radius 2 is 2.29 bits per heavy atom. The Kier molecular flexibility index (Phi) is 2.04. The zero-order chi connectivity index (χ0) is 11.8. The lowest BCUT2D eigenvalue weighted by molar-refractivity contribution is -0.110. The Balaban J connectivity index is 2.10. The molecule has 2 heterocycles. The molecule has 0 spiro atoms. The molecule has 5 heteroatoms. The first-order chi connectivity index (χ1) is 8.24. The van der Waals surface area contributed by atoms with E-state index < -0.39 is 0 Å². The SMILES string of the molecule is O=C1Nc2ccc(O)cc2/C1=C/C1=NCC=N1. The number of fused-ring (bicyclic) bond motifs is 1. The number of hydrogen-bond donors (Lipinski definition) is 2. The number of phenolic OH excluding ortho intramolecular Hbond substituents is 1. The van der Waals surface area contributed by atoms with Crippen molar-refractivity contribution in [3.05, 3.63) is 29.8 Å². The largest absolute Gasteiger partial charge is 0.508 e. The van der Waals surface area contributed by atoms with Crippen molar-refractivity contribution in [2.24, 2.45) is 9.98 Å². The van der Waals surface area contributed by atoms with Crippen LogP contribution in [0.25, 0.3) is 5.57 Å². The third-order valence-electron chi connectivity index (χ3n) is 2.62. The van der Waals surface area contributed by atoms with E-state index in [0.717, 1.165) is 0 Å². The van der Waals surface area contributed by atoms with Gasteiger partial charge in [0.1, 0.15) is 11.6 Å². The van der Waals surface area contributed by atoms with Crippen LogP contribution in [0.4, 0.5) is 5.69 Å². The predicted octanol–water partition coefficient (Wildman–Crippen LogP) is 1.21. The van der Waals surface area contributed by atoms with Gasteiger partial charge in [0.15, 0.2) is 0 Å². The van der Waals surface area contributed by atoms with Crippen molar-refractivity contribution in [3.63, 3.8) is 0 Å². The number of aromatic hydroxyl groups is 1. The van der Waals surface area contributed by atoms with Gasteiger partial charge in [-0.15, -0.1) is 0 Å². The smallest absolute Gasteiger partial charge is 0.256 e. The molecule has 0 fully saturated rings. The Morgan fingerprint density at radius 3 is 3.06 bits per heavy atom. The zero-order valence-electron chi connectivity index (χ0n) is 8.84. The highest BCUT2D eigenvalue weighted by Gasteiger charge is 2.24. The van der Waals surface area contributed by atoms with Gasteiger partial charge in [0.2, 0.25) is 0 Å². The topological polar surface area (TPSA) is 74.0 Å². The predicted molar refractivity (Wildman–Crippen MR) is 65.5 cm³/mol. The lowest BCUT2D eigenvalue weighted by Gasteiger charge is -1.98. The number of anilines is 1. The van der Waals surface area contributed by atoms with E-state index in [1.54, 1.807) is 24.4 Å². The first-order valence-electron chi connectivity index (χ1n) is 5.17. The zero-order valence-corrected chi connectivity index (χ0v) is 8.84. The highest BCUT2D eigenvalue weighted by Crippen LogP contribution is 2.34. The fourth-order valence-electron chi connectivity index (χ4n) is 1.84. The average molecular weight is 227 g/mol. The molecule has 1 amide bonds. The van der Waals surface area contributed by atoms with Crippen LogP contribution in [0.2, 0.25) is 0 Å². The third kappa shape index (κ3) is 1.61. The van der Waals surface area contributed by atoms with Crippen LogP contribution in [-0.2, 0) is 4.79 Å². The number of aliphatic imine (C=N–C) groups is 2. The van der Waals surface area contributed by atoms with Gasteiger partial charge in [-0.05, 0) is 24.3 Å². The average Bonchev–Trinajstić information content (AvgIpc) is 2.90. The fourth-order valence-corrected chi connectivity index (χ4v) is 1.84. The minimum Gasteiger partial charge on any atom is -0.508 e. The number of hydrogen-bond acceptors (Lipinski definition) is 4. The maximum Gasteiger partial charge on any atom is 0.256 e. The van der Waals surface area contributed by atoms with E-state index in [0.29, 0.717) is 29.2 Å². The monoisotopic (exact) mass is 227 g/mol. The number of nitrogens with zero attached hydrogens (tertiary/aromatic N) is 2. The van der Waals surface area contributed by atoms with Crippen LogP contribution in [0, 0.1) is 0 Å². The standard InChI is InChI=1S/C12H9N3O2/c16-7-1-2-10-8(5-7)9(12(17)15-10)6-11-13-3-4-14-11/h1-3,5-6,16H,4H2,(H,15,17)/b9-6-. The van der Waals surface area contributed by atoms with Gasteiger partial charge in [0.05, 0.1) is 12.1 Å². The van der Waals surface area contributed by atoms with Crippen LogP contribution in [0.15, 0.2) is 34.3 Å². The highest BCUT2D eigenvalue weighted by molar-refractivity contribution is 6.34. The van der Waals surface area contributed by atoms with Crippen molar-refractivity contribution in [3.8, 4) is 5.75 Å². The molecule has 2 N–H and O–H groups in total. The summed E-state index contributed by atoms with van der Waals surface area (Å²) in [5.41, 5.74) is 1.86. The first kappa shape index (κ1) is 9.77. The van der Waals surface area contributed by atoms with Crippen LogP contribution in [0.3, 0.4) is 0 Å². The van der Waals surface area contributed by atoms with Gasteiger partial charge in [-0.25, -0.2) is 4.99 Å². The van der Waals surface area contributed by atoms with E-state index in [2.05, 4.69) is 15.3 Å². The summed E-state index contributed by atoms with van der Waals surface area (Å²) >= 11 is 0.